The Morgan fingerprint density at radius 3 is 2.83 bits per heavy atom. The average Bonchev–Trinajstić information content (AvgIpc) is 2.96. The number of halogens is 1. The molecule has 0 unspecified atom stereocenters. The summed E-state index contributed by atoms with van der Waals surface area (Å²) in [7, 11) is 0. The SMILES string of the molecule is Cc1ccc(-c2csc(N/N=C\c3cccc(Br)c3)n2)c(C)c1. The fourth-order valence-corrected chi connectivity index (χ4v) is 3.38. The molecule has 0 bridgehead atoms. The third-order valence-corrected chi connectivity index (χ3v) is 4.62. The number of hydrogen-bond donors (Lipinski definition) is 1. The summed E-state index contributed by atoms with van der Waals surface area (Å²) in [5, 5.41) is 7.08. The number of nitrogens with zero attached hydrogens (tertiary/aromatic N) is 2. The fraction of sp³-hybridized carbons (Fsp3) is 0.111. The lowest BCUT2D eigenvalue weighted by molar-refractivity contribution is 1.28. The molecule has 5 heteroatoms. The molecule has 0 radical (unpaired) electrons. The first-order chi connectivity index (χ1) is 11.1. The van der Waals surface area contributed by atoms with E-state index in [1.165, 1.54) is 11.1 Å². The van der Waals surface area contributed by atoms with Crippen molar-refractivity contribution in [1.29, 1.82) is 0 Å². The molecular formula is C18H16BrN3S. The van der Waals surface area contributed by atoms with Crippen LogP contribution in [0.3, 0.4) is 0 Å². The van der Waals surface area contributed by atoms with E-state index in [2.05, 4.69) is 68.9 Å². The normalized spacial score (nSPS) is 11.1. The summed E-state index contributed by atoms with van der Waals surface area (Å²) in [6.07, 6.45) is 1.78. The molecule has 1 heterocycles. The monoisotopic (exact) mass is 385 g/mol. The van der Waals surface area contributed by atoms with Crippen LogP contribution in [0.2, 0.25) is 0 Å². The summed E-state index contributed by atoms with van der Waals surface area (Å²) < 4.78 is 1.04. The number of benzene rings is 2. The lowest BCUT2D eigenvalue weighted by Crippen LogP contribution is -1.90. The lowest BCUT2D eigenvalue weighted by Gasteiger charge is -2.03. The molecule has 0 aliphatic heterocycles. The first kappa shape index (κ1) is 15.9. The Kier molecular flexibility index (Phi) is 4.88. The standard InChI is InChI=1S/C18H16BrN3S/c1-12-6-7-16(13(2)8-12)17-11-23-18(21-17)22-20-10-14-4-3-5-15(19)9-14/h3-11H,1-2H3,(H,21,22)/b20-10-. The number of anilines is 1. The zero-order valence-electron chi connectivity index (χ0n) is 12.9. The number of hydrazone groups is 1. The van der Waals surface area contributed by atoms with Crippen LogP contribution in [0, 0.1) is 13.8 Å². The highest BCUT2D eigenvalue weighted by molar-refractivity contribution is 9.10. The third kappa shape index (κ3) is 4.06. The zero-order valence-corrected chi connectivity index (χ0v) is 15.3. The molecule has 0 spiro atoms. The zero-order chi connectivity index (χ0) is 16.2. The maximum atomic E-state index is 4.60. The number of rotatable bonds is 4. The molecule has 3 nitrogen and oxygen atoms in total. The Morgan fingerprint density at radius 2 is 2.04 bits per heavy atom. The van der Waals surface area contributed by atoms with Gasteiger partial charge in [-0.3, -0.25) is 5.43 Å². The van der Waals surface area contributed by atoms with Crippen LogP contribution in [0.25, 0.3) is 11.3 Å². The Labute approximate surface area is 148 Å². The first-order valence-electron chi connectivity index (χ1n) is 7.19. The van der Waals surface area contributed by atoms with Crippen molar-refractivity contribution in [1.82, 2.24) is 4.98 Å². The van der Waals surface area contributed by atoms with Gasteiger partial charge in [0.1, 0.15) is 0 Å². The molecule has 1 N–H and O–H groups in total. The predicted octanol–water partition coefficient (Wildman–Crippen LogP) is 5.64. The number of aryl methyl sites for hydroxylation is 2. The summed E-state index contributed by atoms with van der Waals surface area (Å²) in [6.45, 7) is 4.21. The van der Waals surface area contributed by atoms with E-state index >= 15 is 0 Å². The highest BCUT2D eigenvalue weighted by Crippen LogP contribution is 2.27. The lowest BCUT2D eigenvalue weighted by atomic mass is 10.0. The van der Waals surface area contributed by atoms with E-state index in [-0.39, 0.29) is 0 Å². The van der Waals surface area contributed by atoms with Gasteiger partial charge in [0, 0.05) is 15.4 Å². The van der Waals surface area contributed by atoms with Gasteiger partial charge in [-0.05, 0) is 37.1 Å². The molecule has 3 aromatic rings. The largest absolute Gasteiger partial charge is 0.253 e. The van der Waals surface area contributed by atoms with Crippen LogP contribution < -0.4 is 5.43 Å². The van der Waals surface area contributed by atoms with Crippen LogP contribution in [-0.2, 0) is 0 Å². The van der Waals surface area contributed by atoms with E-state index in [1.807, 2.05) is 24.3 Å². The molecule has 0 aliphatic rings. The van der Waals surface area contributed by atoms with E-state index in [1.54, 1.807) is 17.6 Å². The van der Waals surface area contributed by atoms with Crippen LogP contribution >= 0.6 is 27.3 Å². The van der Waals surface area contributed by atoms with E-state index in [0.29, 0.717) is 0 Å². The molecule has 116 valence electrons. The van der Waals surface area contributed by atoms with Crippen molar-refractivity contribution in [3.05, 3.63) is 69.0 Å². The van der Waals surface area contributed by atoms with Gasteiger partial charge < -0.3 is 0 Å². The van der Waals surface area contributed by atoms with Gasteiger partial charge in [-0.2, -0.15) is 5.10 Å². The topological polar surface area (TPSA) is 37.3 Å². The van der Waals surface area contributed by atoms with Crippen LogP contribution in [-0.4, -0.2) is 11.2 Å². The fourth-order valence-electron chi connectivity index (χ4n) is 2.30. The number of thiazole rings is 1. The minimum Gasteiger partial charge on any atom is -0.253 e. The summed E-state index contributed by atoms with van der Waals surface area (Å²) in [5.74, 6) is 0. The third-order valence-electron chi connectivity index (χ3n) is 3.38. The van der Waals surface area contributed by atoms with Gasteiger partial charge in [0.25, 0.3) is 0 Å². The quantitative estimate of drug-likeness (QED) is 0.466. The molecule has 1 aromatic heterocycles. The molecule has 3 rings (SSSR count). The van der Waals surface area contributed by atoms with Crippen LogP contribution in [0.4, 0.5) is 5.13 Å². The Morgan fingerprint density at radius 1 is 1.17 bits per heavy atom. The van der Waals surface area contributed by atoms with Crippen molar-refractivity contribution in [2.75, 3.05) is 5.43 Å². The van der Waals surface area contributed by atoms with E-state index in [0.717, 1.165) is 26.4 Å². The van der Waals surface area contributed by atoms with Crippen molar-refractivity contribution < 1.29 is 0 Å². The molecule has 0 aliphatic carbocycles. The van der Waals surface area contributed by atoms with Crippen molar-refractivity contribution in [2.24, 2.45) is 5.10 Å². The van der Waals surface area contributed by atoms with Crippen molar-refractivity contribution in [3.8, 4) is 11.3 Å². The number of nitrogens with one attached hydrogen (secondary N) is 1. The summed E-state index contributed by atoms with van der Waals surface area (Å²) in [5.41, 5.74) is 8.66. The van der Waals surface area contributed by atoms with Crippen molar-refractivity contribution in [3.63, 3.8) is 0 Å². The maximum absolute atomic E-state index is 4.60. The first-order valence-corrected chi connectivity index (χ1v) is 8.87. The van der Waals surface area contributed by atoms with E-state index < -0.39 is 0 Å². The smallest absolute Gasteiger partial charge is 0.203 e. The summed E-state index contributed by atoms with van der Waals surface area (Å²) in [6, 6.07) is 14.4. The molecule has 0 saturated carbocycles. The Balaban J connectivity index is 1.72. The average molecular weight is 386 g/mol. The van der Waals surface area contributed by atoms with Gasteiger partial charge in [-0.1, -0.05) is 51.8 Å². The van der Waals surface area contributed by atoms with Gasteiger partial charge in [-0.15, -0.1) is 11.3 Å². The predicted molar refractivity (Wildman–Crippen MR) is 102 cm³/mol. The van der Waals surface area contributed by atoms with Crippen molar-refractivity contribution in [2.45, 2.75) is 13.8 Å². The molecule has 0 saturated heterocycles. The summed E-state index contributed by atoms with van der Waals surface area (Å²) >= 11 is 5.00. The van der Waals surface area contributed by atoms with Gasteiger partial charge in [-0.25, -0.2) is 4.98 Å². The van der Waals surface area contributed by atoms with Gasteiger partial charge in [0.15, 0.2) is 0 Å². The minimum atomic E-state index is 0.784. The molecule has 23 heavy (non-hydrogen) atoms. The van der Waals surface area contributed by atoms with Gasteiger partial charge >= 0.3 is 0 Å². The molecule has 0 amide bonds. The molecule has 0 fully saturated rings. The second-order valence-electron chi connectivity index (χ2n) is 5.28. The van der Waals surface area contributed by atoms with Crippen molar-refractivity contribution >= 4 is 38.6 Å². The highest BCUT2D eigenvalue weighted by atomic mass is 79.9. The Bertz CT molecular complexity index is 855. The minimum absolute atomic E-state index is 0.784. The van der Waals surface area contributed by atoms with Gasteiger partial charge in [0.2, 0.25) is 5.13 Å². The molecular weight excluding hydrogens is 370 g/mol. The Hall–Kier alpha value is -1.98. The van der Waals surface area contributed by atoms with Gasteiger partial charge in [0.05, 0.1) is 11.9 Å². The van der Waals surface area contributed by atoms with E-state index in [4.69, 9.17) is 0 Å². The second-order valence-corrected chi connectivity index (χ2v) is 7.06. The van der Waals surface area contributed by atoms with Crippen LogP contribution in [0.1, 0.15) is 16.7 Å². The number of hydrogen-bond acceptors (Lipinski definition) is 4. The maximum Gasteiger partial charge on any atom is 0.203 e. The second kappa shape index (κ2) is 7.06. The van der Waals surface area contributed by atoms with Crippen LogP contribution in [0.15, 0.2) is 57.4 Å². The molecule has 0 atom stereocenters. The van der Waals surface area contributed by atoms with Crippen LogP contribution in [0.5, 0.6) is 0 Å². The molecule has 2 aromatic carbocycles. The highest BCUT2D eigenvalue weighted by Gasteiger charge is 2.06. The van der Waals surface area contributed by atoms with E-state index in [9.17, 15) is 0 Å². The summed E-state index contributed by atoms with van der Waals surface area (Å²) in [4.78, 5) is 4.60. The number of aromatic nitrogens is 1.